The van der Waals surface area contributed by atoms with Gasteiger partial charge in [0.25, 0.3) is 0 Å². The van der Waals surface area contributed by atoms with Crippen LogP contribution in [0.15, 0.2) is 24.5 Å². The number of aromatic nitrogens is 4. The van der Waals surface area contributed by atoms with Crippen LogP contribution in [-0.4, -0.2) is 45.0 Å². The molecule has 1 heterocycles. The first-order chi connectivity index (χ1) is 10.8. The third-order valence-corrected chi connectivity index (χ3v) is 2.91. The van der Waals surface area contributed by atoms with Crippen LogP contribution in [0.1, 0.15) is 26.3 Å². The van der Waals surface area contributed by atoms with E-state index in [4.69, 9.17) is 4.74 Å². The zero-order chi connectivity index (χ0) is 16.9. The molecule has 0 unspecified atom stereocenters. The van der Waals surface area contributed by atoms with Crippen LogP contribution in [0.3, 0.4) is 0 Å². The Labute approximate surface area is 135 Å². The van der Waals surface area contributed by atoms with Crippen LogP contribution in [-0.2, 0) is 4.74 Å². The highest BCUT2D eigenvalue weighted by Crippen LogP contribution is 2.17. The summed E-state index contributed by atoms with van der Waals surface area (Å²) in [5, 5.41) is 17.1. The number of tetrazole rings is 1. The summed E-state index contributed by atoms with van der Waals surface area (Å²) in [5.41, 5.74) is 2.45. The number of hydrogen-bond donors (Lipinski definition) is 2. The summed E-state index contributed by atoms with van der Waals surface area (Å²) in [6, 6.07) is 5.89. The first kappa shape index (κ1) is 16.7. The lowest BCUT2D eigenvalue weighted by Gasteiger charge is -2.19. The molecule has 0 spiro atoms. The molecule has 1 aromatic heterocycles. The minimum absolute atomic E-state index is 0.412. The van der Waals surface area contributed by atoms with E-state index in [-0.39, 0.29) is 0 Å². The van der Waals surface area contributed by atoms with Crippen LogP contribution < -0.4 is 10.6 Å². The molecule has 0 aliphatic rings. The average Bonchev–Trinajstić information content (AvgIpc) is 2.95. The molecule has 23 heavy (non-hydrogen) atoms. The maximum absolute atomic E-state index is 11.5. The molecule has 1 amide bonds. The fourth-order valence-electron chi connectivity index (χ4n) is 1.98. The third-order valence-electron chi connectivity index (χ3n) is 2.91. The summed E-state index contributed by atoms with van der Waals surface area (Å²) >= 11 is 0. The highest BCUT2D eigenvalue weighted by atomic mass is 16.6. The van der Waals surface area contributed by atoms with Crippen molar-refractivity contribution >= 4 is 11.8 Å². The first-order valence-corrected chi connectivity index (χ1v) is 7.40. The number of carbonyl (C=O) groups is 1. The number of nitrogens with one attached hydrogen (secondary N) is 2. The summed E-state index contributed by atoms with van der Waals surface area (Å²) in [6.07, 6.45) is 1.14. The number of amides is 1. The zero-order valence-electron chi connectivity index (χ0n) is 13.8. The molecule has 2 N–H and O–H groups in total. The molecule has 0 radical (unpaired) electrons. The van der Waals surface area contributed by atoms with Crippen LogP contribution >= 0.6 is 0 Å². The molecular formula is C15H22N6O2. The highest BCUT2D eigenvalue weighted by Gasteiger charge is 2.15. The Morgan fingerprint density at radius 2 is 2.09 bits per heavy atom. The molecule has 0 aliphatic carbocycles. The van der Waals surface area contributed by atoms with Crippen molar-refractivity contribution in [2.24, 2.45) is 0 Å². The van der Waals surface area contributed by atoms with Gasteiger partial charge in [-0.05, 0) is 61.9 Å². The number of alkyl carbamates (subject to hydrolysis) is 1. The van der Waals surface area contributed by atoms with Crippen molar-refractivity contribution < 1.29 is 9.53 Å². The number of ether oxygens (including phenoxy) is 1. The predicted octanol–water partition coefficient (Wildman–Crippen LogP) is 1.91. The molecule has 0 aliphatic heterocycles. The number of anilines is 1. The molecule has 1 aromatic carbocycles. The Morgan fingerprint density at radius 3 is 2.70 bits per heavy atom. The molecule has 0 bridgehead atoms. The Hall–Kier alpha value is -2.64. The smallest absolute Gasteiger partial charge is 0.407 e. The van der Waals surface area contributed by atoms with Crippen LogP contribution in [0.5, 0.6) is 0 Å². The molecule has 2 aromatic rings. The number of rotatable bonds is 5. The summed E-state index contributed by atoms with van der Waals surface area (Å²) in [5.74, 6) is 0. The van der Waals surface area contributed by atoms with Crippen molar-refractivity contribution in [1.82, 2.24) is 25.5 Å². The van der Waals surface area contributed by atoms with E-state index < -0.39 is 11.7 Å². The van der Waals surface area contributed by atoms with Gasteiger partial charge in [0, 0.05) is 18.8 Å². The molecule has 0 saturated heterocycles. The summed E-state index contributed by atoms with van der Waals surface area (Å²) < 4.78 is 6.78. The Bertz CT molecular complexity index is 648. The lowest BCUT2D eigenvalue weighted by molar-refractivity contribution is 0.0530. The van der Waals surface area contributed by atoms with E-state index in [0.29, 0.717) is 13.1 Å². The topological polar surface area (TPSA) is 94.0 Å². The number of hydrogen-bond acceptors (Lipinski definition) is 6. The zero-order valence-corrected chi connectivity index (χ0v) is 13.8. The van der Waals surface area contributed by atoms with Gasteiger partial charge in [0.1, 0.15) is 11.9 Å². The Balaban J connectivity index is 1.81. The molecule has 0 fully saturated rings. The average molecular weight is 318 g/mol. The van der Waals surface area contributed by atoms with Gasteiger partial charge >= 0.3 is 6.09 Å². The largest absolute Gasteiger partial charge is 0.444 e. The van der Waals surface area contributed by atoms with Crippen molar-refractivity contribution in [1.29, 1.82) is 0 Å². The minimum Gasteiger partial charge on any atom is -0.444 e. The highest BCUT2D eigenvalue weighted by molar-refractivity contribution is 5.67. The number of aryl methyl sites for hydroxylation is 1. The fraction of sp³-hybridized carbons (Fsp3) is 0.467. The SMILES string of the molecule is Cc1cc(NCCNC(=O)OC(C)(C)C)ccc1-n1cnnn1. The van der Waals surface area contributed by atoms with Crippen LogP contribution in [0.2, 0.25) is 0 Å². The molecule has 0 atom stereocenters. The summed E-state index contributed by atoms with van der Waals surface area (Å²) in [7, 11) is 0. The van der Waals surface area contributed by atoms with E-state index in [0.717, 1.165) is 16.9 Å². The summed E-state index contributed by atoms with van der Waals surface area (Å²) in [4.78, 5) is 11.5. The number of benzene rings is 1. The second-order valence-corrected chi connectivity index (χ2v) is 6.11. The van der Waals surface area contributed by atoms with Gasteiger partial charge < -0.3 is 15.4 Å². The van der Waals surface area contributed by atoms with E-state index in [2.05, 4.69) is 26.2 Å². The van der Waals surface area contributed by atoms with Crippen molar-refractivity contribution in [3.63, 3.8) is 0 Å². The standard InChI is InChI=1S/C15H22N6O2/c1-11-9-12(5-6-13(11)21-10-18-19-20-21)16-7-8-17-14(22)23-15(2,3)4/h5-6,9-10,16H,7-8H2,1-4H3,(H,17,22). The maximum Gasteiger partial charge on any atom is 0.407 e. The van der Waals surface area contributed by atoms with Gasteiger partial charge in [-0.3, -0.25) is 0 Å². The number of nitrogens with zero attached hydrogens (tertiary/aromatic N) is 4. The van der Waals surface area contributed by atoms with E-state index >= 15 is 0 Å². The van der Waals surface area contributed by atoms with Gasteiger partial charge in [0.2, 0.25) is 0 Å². The van der Waals surface area contributed by atoms with Crippen LogP contribution in [0, 0.1) is 6.92 Å². The van der Waals surface area contributed by atoms with Crippen molar-refractivity contribution in [3.8, 4) is 5.69 Å². The molecule has 0 saturated carbocycles. The first-order valence-electron chi connectivity index (χ1n) is 7.40. The lowest BCUT2D eigenvalue weighted by atomic mass is 10.2. The van der Waals surface area contributed by atoms with Crippen LogP contribution in [0.4, 0.5) is 10.5 Å². The van der Waals surface area contributed by atoms with E-state index in [1.165, 1.54) is 0 Å². The quantitative estimate of drug-likeness (QED) is 0.818. The van der Waals surface area contributed by atoms with Gasteiger partial charge in [-0.15, -0.1) is 5.10 Å². The van der Waals surface area contributed by atoms with Crippen molar-refractivity contribution in [2.75, 3.05) is 18.4 Å². The van der Waals surface area contributed by atoms with Crippen molar-refractivity contribution in [2.45, 2.75) is 33.3 Å². The van der Waals surface area contributed by atoms with Gasteiger partial charge in [0.15, 0.2) is 0 Å². The second-order valence-electron chi connectivity index (χ2n) is 6.11. The Kier molecular flexibility index (Phi) is 5.15. The molecule has 2 rings (SSSR count). The van der Waals surface area contributed by atoms with Gasteiger partial charge in [-0.25, -0.2) is 9.48 Å². The summed E-state index contributed by atoms with van der Waals surface area (Å²) in [6.45, 7) is 8.56. The van der Waals surface area contributed by atoms with Crippen LogP contribution in [0.25, 0.3) is 5.69 Å². The minimum atomic E-state index is -0.485. The van der Waals surface area contributed by atoms with E-state index in [9.17, 15) is 4.79 Å². The normalized spacial score (nSPS) is 11.1. The Morgan fingerprint density at radius 1 is 1.30 bits per heavy atom. The van der Waals surface area contributed by atoms with E-state index in [1.54, 1.807) is 11.0 Å². The maximum atomic E-state index is 11.5. The second kappa shape index (κ2) is 7.08. The number of carbonyl (C=O) groups excluding carboxylic acids is 1. The molecule has 8 nitrogen and oxygen atoms in total. The van der Waals surface area contributed by atoms with Crippen molar-refractivity contribution in [3.05, 3.63) is 30.1 Å². The molecule has 8 heteroatoms. The van der Waals surface area contributed by atoms with Gasteiger partial charge in [-0.2, -0.15) is 0 Å². The van der Waals surface area contributed by atoms with Gasteiger partial charge in [-0.1, -0.05) is 0 Å². The van der Waals surface area contributed by atoms with E-state index in [1.807, 2.05) is 45.9 Å². The molecular weight excluding hydrogens is 296 g/mol. The predicted molar refractivity (Wildman–Crippen MR) is 86.6 cm³/mol. The third kappa shape index (κ3) is 5.24. The monoisotopic (exact) mass is 318 g/mol. The van der Waals surface area contributed by atoms with Gasteiger partial charge in [0.05, 0.1) is 5.69 Å². The lowest BCUT2D eigenvalue weighted by Crippen LogP contribution is -2.35. The fourth-order valence-corrected chi connectivity index (χ4v) is 1.98. The molecule has 124 valence electrons.